The topological polar surface area (TPSA) is 91.6 Å². The van der Waals surface area contributed by atoms with Crippen molar-refractivity contribution in [1.29, 1.82) is 0 Å². The zero-order chi connectivity index (χ0) is 19.6. The first kappa shape index (κ1) is 18.9. The number of aromatic nitrogens is 3. The SMILES string of the molecule is CCCN(CC)c1ccc(C(=O)N2Cc3nnc(C)n3CC2C(=O)O)cc1. The van der Waals surface area contributed by atoms with E-state index >= 15 is 0 Å². The molecule has 0 bridgehead atoms. The van der Waals surface area contributed by atoms with Crippen LogP contribution < -0.4 is 4.90 Å². The Morgan fingerprint density at radius 3 is 2.52 bits per heavy atom. The molecule has 1 N–H and O–H groups in total. The molecule has 1 aliphatic heterocycles. The number of carboxylic acids is 1. The number of benzene rings is 1. The number of carboxylic acid groups (broad SMARTS) is 1. The second-order valence-corrected chi connectivity index (χ2v) is 6.69. The van der Waals surface area contributed by atoms with E-state index in [4.69, 9.17) is 0 Å². The van der Waals surface area contributed by atoms with Gasteiger partial charge in [-0.1, -0.05) is 6.92 Å². The predicted molar refractivity (Wildman–Crippen MR) is 101 cm³/mol. The highest BCUT2D eigenvalue weighted by atomic mass is 16.4. The maximum absolute atomic E-state index is 13.0. The molecule has 144 valence electrons. The van der Waals surface area contributed by atoms with Crippen LogP contribution in [-0.4, -0.2) is 55.8 Å². The van der Waals surface area contributed by atoms with E-state index in [0.29, 0.717) is 17.2 Å². The summed E-state index contributed by atoms with van der Waals surface area (Å²) in [5.74, 6) is -0.0726. The van der Waals surface area contributed by atoms with Crippen molar-refractivity contribution in [3.8, 4) is 0 Å². The van der Waals surface area contributed by atoms with E-state index in [1.165, 1.54) is 4.90 Å². The Balaban J connectivity index is 1.84. The van der Waals surface area contributed by atoms with Crippen molar-refractivity contribution in [3.05, 3.63) is 41.5 Å². The quantitative estimate of drug-likeness (QED) is 0.834. The van der Waals surface area contributed by atoms with Crippen molar-refractivity contribution in [2.75, 3.05) is 18.0 Å². The number of amides is 1. The van der Waals surface area contributed by atoms with Gasteiger partial charge in [-0.2, -0.15) is 0 Å². The second kappa shape index (κ2) is 7.77. The van der Waals surface area contributed by atoms with Gasteiger partial charge in [0.1, 0.15) is 11.9 Å². The fraction of sp³-hybridized carbons (Fsp3) is 0.474. The third-order valence-corrected chi connectivity index (χ3v) is 4.96. The largest absolute Gasteiger partial charge is 0.480 e. The van der Waals surface area contributed by atoms with E-state index in [1.807, 2.05) is 12.1 Å². The molecule has 0 spiro atoms. The highest BCUT2D eigenvalue weighted by Crippen LogP contribution is 2.22. The third kappa shape index (κ3) is 3.65. The van der Waals surface area contributed by atoms with Gasteiger partial charge < -0.3 is 19.5 Å². The van der Waals surface area contributed by atoms with Gasteiger partial charge in [0.25, 0.3) is 5.91 Å². The number of nitrogens with zero attached hydrogens (tertiary/aromatic N) is 5. The second-order valence-electron chi connectivity index (χ2n) is 6.69. The molecule has 8 nitrogen and oxygen atoms in total. The smallest absolute Gasteiger partial charge is 0.328 e. The molecule has 1 aromatic carbocycles. The summed E-state index contributed by atoms with van der Waals surface area (Å²) in [6.45, 7) is 8.14. The molecule has 0 radical (unpaired) electrons. The number of aliphatic carboxylic acids is 1. The molecule has 1 unspecified atom stereocenters. The van der Waals surface area contributed by atoms with E-state index in [-0.39, 0.29) is 19.0 Å². The van der Waals surface area contributed by atoms with Crippen LogP contribution in [0.5, 0.6) is 0 Å². The lowest BCUT2D eigenvalue weighted by Gasteiger charge is -2.33. The van der Waals surface area contributed by atoms with Crippen LogP contribution in [0.2, 0.25) is 0 Å². The summed E-state index contributed by atoms with van der Waals surface area (Å²) in [7, 11) is 0. The highest BCUT2D eigenvalue weighted by molar-refractivity contribution is 5.97. The average molecular weight is 371 g/mol. The summed E-state index contributed by atoms with van der Waals surface area (Å²) >= 11 is 0. The zero-order valence-electron chi connectivity index (χ0n) is 15.9. The van der Waals surface area contributed by atoms with Crippen molar-refractivity contribution in [2.24, 2.45) is 0 Å². The molecule has 1 aromatic heterocycles. The number of hydrogen-bond acceptors (Lipinski definition) is 5. The van der Waals surface area contributed by atoms with Gasteiger partial charge in [-0.15, -0.1) is 10.2 Å². The van der Waals surface area contributed by atoms with Gasteiger partial charge in [-0.05, 0) is 44.5 Å². The maximum atomic E-state index is 13.0. The lowest BCUT2D eigenvalue weighted by molar-refractivity contribution is -0.143. The number of fused-ring (bicyclic) bond motifs is 1. The van der Waals surface area contributed by atoms with Crippen molar-refractivity contribution in [3.63, 3.8) is 0 Å². The molecule has 27 heavy (non-hydrogen) atoms. The minimum Gasteiger partial charge on any atom is -0.480 e. The van der Waals surface area contributed by atoms with Crippen LogP contribution in [0.4, 0.5) is 5.69 Å². The van der Waals surface area contributed by atoms with Gasteiger partial charge in [0.15, 0.2) is 5.82 Å². The summed E-state index contributed by atoms with van der Waals surface area (Å²) in [6, 6.07) is 6.42. The van der Waals surface area contributed by atoms with E-state index in [9.17, 15) is 14.7 Å². The van der Waals surface area contributed by atoms with Crippen LogP contribution >= 0.6 is 0 Å². The molecular formula is C19H25N5O3. The van der Waals surface area contributed by atoms with Gasteiger partial charge in [0.05, 0.1) is 13.1 Å². The fourth-order valence-corrected chi connectivity index (χ4v) is 3.46. The molecule has 0 saturated heterocycles. The van der Waals surface area contributed by atoms with Crippen LogP contribution in [-0.2, 0) is 17.9 Å². The van der Waals surface area contributed by atoms with Crippen molar-refractivity contribution in [1.82, 2.24) is 19.7 Å². The first-order valence-electron chi connectivity index (χ1n) is 9.23. The molecule has 3 rings (SSSR count). The van der Waals surface area contributed by atoms with E-state index in [1.54, 1.807) is 23.6 Å². The molecule has 0 aliphatic carbocycles. The zero-order valence-corrected chi connectivity index (χ0v) is 15.9. The number of rotatable bonds is 6. The van der Waals surface area contributed by atoms with Gasteiger partial charge >= 0.3 is 5.97 Å². The molecule has 2 heterocycles. The molecular weight excluding hydrogens is 346 g/mol. The number of anilines is 1. The average Bonchev–Trinajstić information content (AvgIpc) is 3.05. The molecule has 1 aliphatic rings. The lowest BCUT2D eigenvalue weighted by Crippen LogP contribution is -2.50. The van der Waals surface area contributed by atoms with Gasteiger partial charge in [0, 0.05) is 24.3 Å². The van der Waals surface area contributed by atoms with E-state index in [2.05, 4.69) is 28.9 Å². The maximum Gasteiger partial charge on any atom is 0.328 e. The third-order valence-electron chi connectivity index (χ3n) is 4.96. The predicted octanol–water partition coefficient (Wildman–Crippen LogP) is 1.93. The minimum absolute atomic E-state index is 0.134. The van der Waals surface area contributed by atoms with Crippen LogP contribution in [0.15, 0.2) is 24.3 Å². The van der Waals surface area contributed by atoms with Gasteiger partial charge in [-0.3, -0.25) is 4.79 Å². The fourth-order valence-electron chi connectivity index (χ4n) is 3.46. The standard InChI is InChI=1S/C19H25N5O3/c1-4-10-22(5-2)15-8-6-14(7-9-15)18(25)24-12-17-21-20-13(3)23(17)11-16(24)19(26)27/h6-9,16H,4-5,10-12H2,1-3H3,(H,26,27). The summed E-state index contributed by atoms with van der Waals surface area (Å²) in [4.78, 5) is 28.3. The van der Waals surface area contributed by atoms with Crippen LogP contribution in [0.3, 0.4) is 0 Å². The summed E-state index contributed by atoms with van der Waals surface area (Å²) in [5, 5.41) is 17.7. The Hall–Kier alpha value is -2.90. The van der Waals surface area contributed by atoms with Gasteiger partial charge in [-0.25, -0.2) is 4.79 Å². The first-order valence-corrected chi connectivity index (χ1v) is 9.23. The monoisotopic (exact) mass is 371 g/mol. The number of aryl methyl sites for hydroxylation is 1. The van der Waals surface area contributed by atoms with E-state index < -0.39 is 12.0 Å². The summed E-state index contributed by atoms with van der Waals surface area (Å²) < 4.78 is 1.76. The van der Waals surface area contributed by atoms with Crippen LogP contribution in [0, 0.1) is 6.92 Å². The Labute approximate surface area is 158 Å². The molecule has 8 heteroatoms. The molecule has 0 fully saturated rings. The van der Waals surface area contributed by atoms with Crippen molar-refractivity contribution < 1.29 is 14.7 Å². The van der Waals surface area contributed by atoms with Crippen LogP contribution in [0.1, 0.15) is 42.3 Å². The first-order chi connectivity index (χ1) is 13.0. The number of carbonyl (C=O) groups is 2. The summed E-state index contributed by atoms with van der Waals surface area (Å²) in [5.41, 5.74) is 1.53. The van der Waals surface area contributed by atoms with Crippen molar-refractivity contribution >= 4 is 17.6 Å². The Bertz CT molecular complexity index is 830. The van der Waals surface area contributed by atoms with Crippen molar-refractivity contribution in [2.45, 2.75) is 46.3 Å². The van der Waals surface area contributed by atoms with Gasteiger partial charge in [0.2, 0.25) is 0 Å². The molecule has 1 atom stereocenters. The molecule has 0 saturated carbocycles. The highest BCUT2D eigenvalue weighted by Gasteiger charge is 2.36. The normalized spacial score (nSPS) is 16.1. The summed E-state index contributed by atoms with van der Waals surface area (Å²) in [6.07, 6.45) is 1.04. The van der Waals surface area contributed by atoms with Crippen LogP contribution in [0.25, 0.3) is 0 Å². The minimum atomic E-state index is -1.03. The number of hydrogen-bond donors (Lipinski definition) is 1. The number of carbonyl (C=O) groups excluding carboxylic acids is 1. The molecule has 1 amide bonds. The Morgan fingerprint density at radius 1 is 1.22 bits per heavy atom. The lowest BCUT2D eigenvalue weighted by atomic mass is 10.1. The Morgan fingerprint density at radius 2 is 1.93 bits per heavy atom. The Kier molecular flexibility index (Phi) is 5.43. The molecule has 2 aromatic rings. The van der Waals surface area contributed by atoms with E-state index in [0.717, 1.165) is 25.2 Å².